The molecule has 156 valence electrons. The average Bonchev–Trinajstić information content (AvgIpc) is 3.28. The van der Waals surface area contributed by atoms with E-state index in [0.717, 1.165) is 28.9 Å². The molecule has 2 heterocycles. The number of hydrogen-bond donors (Lipinski definition) is 0. The molecule has 1 aliphatic rings. The van der Waals surface area contributed by atoms with E-state index >= 15 is 0 Å². The number of rotatable bonds is 2. The van der Waals surface area contributed by atoms with Crippen LogP contribution in [0, 0.1) is 0 Å². The molecule has 2 nitrogen and oxygen atoms in total. The molecule has 2 aromatic heterocycles. The smallest absolute Gasteiger partial charge is 0.128 e. The van der Waals surface area contributed by atoms with Crippen LogP contribution < -0.4 is 0 Å². The molecule has 0 radical (unpaired) electrons. The lowest BCUT2D eigenvalue weighted by atomic mass is 9.88. The fourth-order valence-corrected chi connectivity index (χ4v) is 6.44. The van der Waals surface area contributed by atoms with Gasteiger partial charge < -0.3 is 0 Å². The van der Waals surface area contributed by atoms with Crippen molar-refractivity contribution in [2.45, 2.75) is 12.8 Å². The van der Waals surface area contributed by atoms with Gasteiger partial charge >= 0.3 is 0 Å². The first kappa shape index (κ1) is 18.7. The lowest BCUT2D eigenvalue weighted by Crippen LogP contribution is -2.01. The summed E-state index contributed by atoms with van der Waals surface area (Å²) in [7, 11) is 0. The van der Waals surface area contributed by atoms with Crippen LogP contribution in [0.4, 0.5) is 0 Å². The van der Waals surface area contributed by atoms with Gasteiger partial charge in [-0.15, -0.1) is 11.3 Å². The number of thiophene rings is 1. The molecule has 33 heavy (non-hydrogen) atoms. The number of aryl methyl sites for hydroxylation is 2. The second-order valence-electron chi connectivity index (χ2n) is 8.58. The fourth-order valence-electron chi connectivity index (χ4n) is 5.19. The van der Waals surface area contributed by atoms with Crippen LogP contribution in [0.1, 0.15) is 11.1 Å². The van der Waals surface area contributed by atoms with Gasteiger partial charge in [0, 0.05) is 15.8 Å². The Balaban J connectivity index is 1.52. The lowest BCUT2D eigenvalue weighted by molar-refractivity contribution is 0.956. The van der Waals surface area contributed by atoms with Gasteiger partial charge in [0.25, 0.3) is 0 Å². The highest BCUT2D eigenvalue weighted by Crippen LogP contribution is 2.46. The van der Waals surface area contributed by atoms with Gasteiger partial charge in [0.2, 0.25) is 0 Å². The van der Waals surface area contributed by atoms with Gasteiger partial charge in [-0.2, -0.15) is 0 Å². The number of benzene rings is 4. The molecule has 4 aromatic carbocycles. The normalized spacial score (nSPS) is 12.6. The van der Waals surface area contributed by atoms with Crippen molar-refractivity contribution in [2.75, 3.05) is 0 Å². The molecule has 3 heteroatoms. The lowest BCUT2D eigenvalue weighted by Gasteiger charge is -2.17. The molecule has 0 aliphatic heterocycles. The monoisotopic (exact) mass is 440 g/mol. The van der Waals surface area contributed by atoms with Gasteiger partial charge in [-0.05, 0) is 63.6 Å². The van der Waals surface area contributed by atoms with E-state index in [1.807, 2.05) is 0 Å². The molecule has 0 saturated carbocycles. The molecule has 0 fully saturated rings. The zero-order valence-electron chi connectivity index (χ0n) is 18.0. The minimum Gasteiger partial charge on any atom is -0.236 e. The Labute approximate surface area is 196 Å². The van der Waals surface area contributed by atoms with Crippen LogP contribution in [0.2, 0.25) is 0 Å². The number of nitrogens with zero attached hydrogens (tertiary/aromatic N) is 2. The van der Waals surface area contributed by atoms with Crippen molar-refractivity contribution in [3.05, 3.63) is 108 Å². The molecule has 0 atom stereocenters. The van der Waals surface area contributed by atoms with Crippen molar-refractivity contribution in [3.8, 4) is 32.8 Å². The highest BCUT2D eigenvalue weighted by Gasteiger charge is 2.24. The molecule has 0 unspecified atom stereocenters. The summed E-state index contributed by atoms with van der Waals surface area (Å²) in [5.41, 5.74) is 8.85. The first-order valence-electron chi connectivity index (χ1n) is 11.3. The van der Waals surface area contributed by atoms with Crippen molar-refractivity contribution in [2.24, 2.45) is 0 Å². The molecule has 0 saturated heterocycles. The van der Waals surface area contributed by atoms with Crippen LogP contribution in [0.3, 0.4) is 0 Å². The quantitative estimate of drug-likeness (QED) is 0.273. The molecular weight excluding hydrogens is 420 g/mol. The van der Waals surface area contributed by atoms with Crippen LogP contribution in [0.5, 0.6) is 0 Å². The van der Waals surface area contributed by atoms with Gasteiger partial charge in [-0.3, -0.25) is 0 Å². The predicted octanol–water partition coefficient (Wildman–Crippen LogP) is 7.94. The minimum absolute atomic E-state index is 1.03. The summed E-state index contributed by atoms with van der Waals surface area (Å²) in [6, 6.07) is 32.7. The fraction of sp³-hybridized carbons (Fsp3) is 0.0667. The number of aromatic nitrogens is 2. The molecule has 0 N–H and O–H groups in total. The van der Waals surface area contributed by atoms with Crippen LogP contribution >= 0.6 is 11.3 Å². The average molecular weight is 441 g/mol. The first-order chi connectivity index (χ1) is 16.4. The Kier molecular flexibility index (Phi) is 4.18. The maximum absolute atomic E-state index is 4.85. The van der Waals surface area contributed by atoms with Crippen LogP contribution in [-0.2, 0) is 12.8 Å². The number of hydrogen-bond acceptors (Lipinski definition) is 3. The Bertz CT molecular complexity index is 1660. The maximum Gasteiger partial charge on any atom is 0.128 e. The van der Waals surface area contributed by atoms with E-state index < -0.39 is 0 Å². The summed E-state index contributed by atoms with van der Waals surface area (Å²) in [4.78, 5) is 12.0. The van der Waals surface area contributed by atoms with E-state index in [1.165, 1.54) is 48.9 Å². The Hall–Kier alpha value is -3.82. The van der Waals surface area contributed by atoms with E-state index in [1.54, 1.807) is 17.7 Å². The molecule has 1 aliphatic carbocycles. The van der Waals surface area contributed by atoms with Crippen LogP contribution in [0.15, 0.2) is 97.3 Å². The van der Waals surface area contributed by atoms with Crippen molar-refractivity contribution in [1.82, 2.24) is 9.97 Å². The Morgan fingerprint density at radius 3 is 2.42 bits per heavy atom. The molecule has 0 amide bonds. The Morgan fingerprint density at radius 2 is 1.48 bits per heavy atom. The molecule has 0 spiro atoms. The van der Waals surface area contributed by atoms with Gasteiger partial charge in [-0.25, -0.2) is 9.97 Å². The van der Waals surface area contributed by atoms with Gasteiger partial charge in [0.15, 0.2) is 0 Å². The van der Waals surface area contributed by atoms with Gasteiger partial charge in [0.05, 0.1) is 5.69 Å². The van der Waals surface area contributed by atoms with E-state index in [0.29, 0.717) is 0 Å². The van der Waals surface area contributed by atoms with Crippen molar-refractivity contribution < 1.29 is 0 Å². The van der Waals surface area contributed by atoms with Crippen molar-refractivity contribution >= 4 is 32.3 Å². The molecule has 7 rings (SSSR count). The third-order valence-corrected chi connectivity index (χ3v) is 7.89. The topological polar surface area (TPSA) is 25.8 Å². The van der Waals surface area contributed by atoms with Crippen molar-refractivity contribution in [1.29, 1.82) is 0 Å². The summed E-state index contributed by atoms with van der Waals surface area (Å²) in [5, 5.41) is 3.72. The predicted molar refractivity (Wildman–Crippen MR) is 139 cm³/mol. The number of fused-ring (bicyclic) bond motifs is 6. The zero-order valence-corrected chi connectivity index (χ0v) is 18.8. The third-order valence-electron chi connectivity index (χ3n) is 6.71. The minimum atomic E-state index is 1.03. The molecule has 0 bridgehead atoms. The molecular formula is C30H20N2S. The second kappa shape index (κ2) is 7.36. The Morgan fingerprint density at radius 1 is 0.667 bits per heavy atom. The van der Waals surface area contributed by atoms with E-state index in [-0.39, 0.29) is 0 Å². The maximum atomic E-state index is 4.85. The highest BCUT2D eigenvalue weighted by atomic mass is 32.1. The summed E-state index contributed by atoms with van der Waals surface area (Å²) in [6.07, 6.45) is 3.82. The van der Waals surface area contributed by atoms with Crippen molar-refractivity contribution in [3.63, 3.8) is 0 Å². The second-order valence-corrected chi connectivity index (χ2v) is 9.58. The highest BCUT2D eigenvalue weighted by molar-refractivity contribution is 7.22. The zero-order chi connectivity index (χ0) is 21.8. The molecule has 6 aromatic rings. The van der Waals surface area contributed by atoms with Crippen LogP contribution in [0.25, 0.3) is 53.8 Å². The largest absolute Gasteiger partial charge is 0.236 e. The van der Waals surface area contributed by atoms with E-state index in [2.05, 4.69) is 91.0 Å². The van der Waals surface area contributed by atoms with Crippen LogP contribution in [-0.4, -0.2) is 9.97 Å². The van der Waals surface area contributed by atoms with E-state index in [9.17, 15) is 0 Å². The summed E-state index contributed by atoms with van der Waals surface area (Å²) in [6.45, 7) is 0. The summed E-state index contributed by atoms with van der Waals surface area (Å²) in [5.74, 6) is 0. The first-order valence-corrected chi connectivity index (χ1v) is 12.1. The van der Waals surface area contributed by atoms with E-state index in [4.69, 9.17) is 9.97 Å². The van der Waals surface area contributed by atoms with Gasteiger partial charge in [-0.1, -0.05) is 78.9 Å². The third kappa shape index (κ3) is 2.93. The SMILES string of the molecule is c1ccc(-c2cc(-c3ncnc4sc5c(c34)CCc3ccccc3-5)cc3ccccc23)cc1. The standard InChI is InChI=1S/C30H20N2S/c1-2-8-19(9-3-1)26-17-22(16-21-11-5-6-12-23(21)26)28-27-25-15-14-20-10-4-7-13-24(20)29(25)33-30(27)32-18-31-28/h1-13,16-18H,14-15H2. The van der Waals surface area contributed by atoms with Gasteiger partial charge in [0.1, 0.15) is 11.2 Å². The summed E-state index contributed by atoms with van der Waals surface area (Å²) >= 11 is 1.80. The summed E-state index contributed by atoms with van der Waals surface area (Å²) < 4.78 is 0.